The molecule has 9 unspecified atom stereocenters. The second kappa shape index (κ2) is 10.3. The fourth-order valence-corrected chi connectivity index (χ4v) is 8.74. The lowest BCUT2D eigenvalue weighted by molar-refractivity contribution is -0.151. The fourth-order valence-electron chi connectivity index (χ4n) is 8.74. The average molecular weight is 643 g/mol. The van der Waals surface area contributed by atoms with Crippen LogP contribution >= 0.6 is 0 Å². The second-order valence-corrected chi connectivity index (χ2v) is 15.0. The molecule has 9 atom stereocenters. The van der Waals surface area contributed by atoms with E-state index in [2.05, 4.69) is 21.7 Å². The number of anilines is 1. The molecule has 3 saturated carbocycles. The van der Waals surface area contributed by atoms with Crippen molar-refractivity contribution < 1.29 is 37.1 Å². The zero-order valence-electron chi connectivity index (χ0n) is 25.9. The van der Waals surface area contributed by atoms with Gasteiger partial charge in [-0.2, -0.15) is 5.26 Å². The molecular weight excluding hydrogens is 605 g/mol. The minimum Gasteiger partial charge on any atom is -0.471 e. The Kier molecular flexibility index (Phi) is 6.89. The Labute approximate surface area is 264 Å². The number of fused-ring (bicyclic) bond motifs is 6. The number of carbonyl (C=O) groups is 4. The van der Waals surface area contributed by atoms with E-state index < -0.39 is 82.3 Å². The molecule has 5 fully saturated rings. The third kappa shape index (κ3) is 4.55. The standard InChI is InChI=1S/C32H37F3N6O5/c1-30(2,3)24(38-28(44)31(35)5-4-6-31)27(43)40-13-19-15-7-18(20(34)8-15)22(19)23(40)26(42)41-14-32(10-17(41)11-36)29(45)39-25-21(46-32)9-16(33)12-37-25/h9,12,15,17-20,22-24H,4-8,10,13-14H2,1-3H3,(H,38,44)(H,37,39,45). The summed E-state index contributed by atoms with van der Waals surface area (Å²) in [5.41, 5.74) is -4.64. The predicted octanol–water partition coefficient (Wildman–Crippen LogP) is 2.66. The minimum absolute atomic E-state index is 0.00825. The molecule has 3 aliphatic heterocycles. The van der Waals surface area contributed by atoms with Crippen LogP contribution in [0, 0.1) is 46.2 Å². The molecule has 2 bridgehead atoms. The molecule has 2 N–H and O–H groups in total. The summed E-state index contributed by atoms with van der Waals surface area (Å²) in [6.07, 6.45) is 1.16. The van der Waals surface area contributed by atoms with Gasteiger partial charge in [0, 0.05) is 19.0 Å². The molecule has 0 radical (unpaired) electrons. The van der Waals surface area contributed by atoms with E-state index in [4.69, 9.17) is 4.74 Å². The molecule has 246 valence electrons. The Morgan fingerprint density at radius 3 is 2.61 bits per heavy atom. The summed E-state index contributed by atoms with van der Waals surface area (Å²) in [7, 11) is 0. The van der Waals surface area contributed by atoms with Crippen LogP contribution in [0.2, 0.25) is 0 Å². The van der Waals surface area contributed by atoms with Gasteiger partial charge in [-0.3, -0.25) is 19.2 Å². The molecule has 7 rings (SSSR count). The highest BCUT2D eigenvalue weighted by molar-refractivity contribution is 6.01. The molecule has 46 heavy (non-hydrogen) atoms. The van der Waals surface area contributed by atoms with Gasteiger partial charge in [-0.05, 0) is 61.2 Å². The second-order valence-electron chi connectivity index (χ2n) is 15.0. The maximum Gasteiger partial charge on any atom is 0.271 e. The van der Waals surface area contributed by atoms with Crippen LogP contribution < -0.4 is 15.4 Å². The third-order valence-electron chi connectivity index (χ3n) is 11.3. The Bertz CT molecular complexity index is 1560. The van der Waals surface area contributed by atoms with Crippen molar-refractivity contribution in [2.24, 2.45) is 29.1 Å². The number of hydrogen-bond acceptors (Lipinski definition) is 7. The number of amides is 4. The molecule has 1 aromatic rings. The number of nitrogens with one attached hydrogen (secondary N) is 2. The van der Waals surface area contributed by atoms with Crippen molar-refractivity contribution in [3.63, 3.8) is 0 Å². The number of alkyl halides is 2. The number of ether oxygens (including phenoxy) is 1. The number of rotatable bonds is 4. The molecule has 0 aromatic carbocycles. The first-order valence-electron chi connectivity index (χ1n) is 16.0. The van der Waals surface area contributed by atoms with E-state index in [1.165, 1.54) is 9.80 Å². The number of aromatic nitrogens is 1. The molecule has 1 aromatic heterocycles. The molecule has 6 aliphatic rings. The van der Waals surface area contributed by atoms with Gasteiger partial charge in [0.05, 0.1) is 18.8 Å². The molecule has 1 spiro atoms. The van der Waals surface area contributed by atoms with E-state index in [0.717, 1.165) is 12.3 Å². The molecule has 11 nitrogen and oxygen atoms in total. The van der Waals surface area contributed by atoms with Crippen molar-refractivity contribution in [3.05, 3.63) is 18.1 Å². The zero-order chi connectivity index (χ0) is 32.9. The number of halogens is 3. The highest BCUT2D eigenvalue weighted by Crippen LogP contribution is 2.59. The number of hydrogen-bond donors (Lipinski definition) is 2. The molecule has 4 heterocycles. The Hall–Kier alpha value is -3.89. The van der Waals surface area contributed by atoms with Gasteiger partial charge in [0.25, 0.3) is 11.8 Å². The topological polar surface area (TPSA) is 145 Å². The lowest BCUT2D eigenvalue weighted by Gasteiger charge is -2.40. The minimum atomic E-state index is -2.05. The number of nitrogens with zero attached hydrogens (tertiary/aromatic N) is 4. The first-order chi connectivity index (χ1) is 21.7. The van der Waals surface area contributed by atoms with Crippen molar-refractivity contribution in [2.75, 3.05) is 18.4 Å². The molecule has 14 heteroatoms. The van der Waals surface area contributed by atoms with Crippen LogP contribution in [-0.4, -0.2) is 87.1 Å². The summed E-state index contributed by atoms with van der Waals surface area (Å²) in [5, 5.41) is 15.4. The van der Waals surface area contributed by atoms with Gasteiger partial charge >= 0.3 is 0 Å². The van der Waals surface area contributed by atoms with Gasteiger partial charge in [-0.1, -0.05) is 20.8 Å². The van der Waals surface area contributed by atoms with E-state index in [0.29, 0.717) is 19.3 Å². The van der Waals surface area contributed by atoms with Crippen LogP contribution in [0.5, 0.6) is 5.75 Å². The average Bonchev–Trinajstić information content (AvgIpc) is 3.73. The van der Waals surface area contributed by atoms with E-state index in [1.54, 1.807) is 20.8 Å². The number of carbonyl (C=O) groups excluding carboxylic acids is 4. The zero-order valence-corrected chi connectivity index (χ0v) is 25.9. The van der Waals surface area contributed by atoms with Crippen LogP contribution in [0.15, 0.2) is 12.3 Å². The maximum atomic E-state index is 15.3. The lowest BCUT2D eigenvalue weighted by Crippen LogP contribution is -2.62. The quantitative estimate of drug-likeness (QED) is 0.514. The number of nitriles is 1. The summed E-state index contributed by atoms with van der Waals surface area (Å²) >= 11 is 0. The van der Waals surface area contributed by atoms with Crippen molar-refractivity contribution in [2.45, 2.75) is 94.9 Å². The van der Waals surface area contributed by atoms with E-state index >= 15 is 8.78 Å². The van der Waals surface area contributed by atoms with Crippen LogP contribution in [0.4, 0.5) is 19.0 Å². The van der Waals surface area contributed by atoms with Crippen LogP contribution in [-0.2, 0) is 19.2 Å². The summed E-state index contributed by atoms with van der Waals surface area (Å²) in [6.45, 7) is 5.00. The summed E-state index contributed by atoms with van der Waals surface area (Å²) in [4.78, 5) is 61.9. The Balaban J connectivity index is 1.21. The van der Waals surface area contributed by atoms with Crippen LogP contribution in [0.25, 0.3) is 0 Å². The largest absolute Gasteiger partial charge is 0.471 e. The molecule has 4 amide bonds. The van der Waals surface area contributed by atoms with Gasteiger partial charge in [-0.25, -0.2) is 18.2 Å². The summed E-state index contributed by atoms with van der Waals surface area (Å²) < 4.78 is 50.3. The first-order valence-corrected chi connectivity index (χ1v) is 16.0. The highest BCUT2D eigenvalue weighted by atomic mass is 19.1. The monoisotopic (exact) mass is 642 g/mol. The van der Waals surface area contributed by atoms with Gasteiger partial charge in [-0.15, -0.1) is 0 Å². The van der Waals surface area contributed by atoms with Crippen molar-refractivity contribution in [1.29, 1.82) is 5.26 Å². The first kappa shape index (κ1) is 30.7. The summed E-state index contributed by atoms with van der Waals surface area (Å²) in [5.74, 6) is -4.65. The predicted molar refractivity (Wildman–Crippen MR) is 155 cm³/mol. The number of likely N-dealkylation sites (tertiary alicyclic amines) is 2. The SMILES string of the molecule is CC(C)(C)C(NC(=O)C1(F)CCC1)C(=O)N1CC2C3CC(F)C(C3)C2C1C(=O)N1CC2(CC1C#N)Oc1cc(F)cnc1NC2=O. The van der Waals surface area contributed by atoms with Crippen molar-refractivity contribution in [3.8, 4) is 11.8 Å². The van der Waals surface area contributed by atoms with Crippen LogP contribution in [0.3, 0.4) is 0 Å². The molecular formula is C32H37F3N6O5. The van der Waals surface area contributed by atoms with Gasteiger partial charge in [0.15, 0.2) is 17.2 Å². The van der Waals surface area contributed by atoms with Crippen molar-refractivity contribution >= 4 is 29.4 Å². The number of pyridine rings is 1. The smallest absolute Gasteiger partial charge is 0.271 e. The van der Waals surface area contributed by atoms with Gasteiger partial charge in [0.1, 0.15) is 30.1 Å². The molecule has 3 aliphatic carbocycles. The van der Waals surface area contributed by atoms with E-state index in [1.807, 2.05) is 0 Å². The van der Waals surface area contributed by atoms with Crippen LogP contribution in [0.1, 0.15) is 59.3 Å². The van der Waals surface area contributed by atoms with Crippen molar-refractivity contribution in [1.82, 2.24) is 20.1 Å². The third-order valence-corrected chi connectivity index (χ3v) is 11.3. The summed E-state index contributed by atoms with van der Waals surface area (Å²) in [6, 6.07) is -0.352. The lowest BCUT2D eigenvalue weighted by atomic mass is 9.77. The highest BCUT2D eigenvalue weighted by Gasteiger charge is 2.65. The van der Waals surface area contributed by atoms with Gasteiger partial charge in [0.2, 0.25) is 17.4 Å². The fraction of sp³-hybridized carbons (Fsp3) is 0.688. The Morgan fingerprint density at radius 2 is 1.96 bits per heavy atom. The van der Waals surface area contributed by atoms with E-state index in [9.17, 15) is 28.8 Å². The normalized spacial score (nSPS) is 35.8. The Morgan fingerprint density at radius 1 is 1.22 bits per heavy atom. The van der Waals surface area contributed by atoms with E-state index in [-0.39, 0.29) is 55.8 Å². The maximum absolute atomic E-state index is 15.3. The molecule has 2 saturated heterocycles. The van der Waals surface area contributed by atoms with Gasteiger partial charge < -0.3 is 25.2 Å².